The van der Waals surface area contributed by atoms with Gasteiger partial charge in [-0.1, -0.05) is 0 Å². The predicted octanol–water partition coefficient (Wildman–Crippen LogP) is 2.54. The zero-order chi connectivity index (χ0) is 16.0. The summed E-state index contributed by atoms with van der Waals surface area (Å²) in [5.41, 5.74) is 0.713. The smallest absolute Gasteiger partial charge is 0.276 e. The van der Waals surface area contributed by atoms with Gasteiger partial charge in [-0.3, -0.25) is 0 Å². The Balaban J connectivity index is 2.03. The Labute approximate surface area is 128 Å². The number of rotatable bonds is 6. The molecule has 0 fully saturated rings. The van der Waals surface area contributed by atoms with Crippen molar-refractivity contribution in [3.05, 3.63) is 59.9 Å². The fourth-order valence-corrected chi connectivity index (χ4v) is 2.44. The highest BCUT2D eigenvalue weighted by molar-refractivity contribution is 7.89. The van der Waals surface area contributed by atoms with Gasteiger partial charge in [-0.25, -0.2) is 9.22 Å². The molecule has 0 bridgehead atoms. The van der Waals surface area contributed by atoms with Crippen molar-refractivity contribution in [1.82, 2.24) is 4.83 Å². The van der Waals surface area contributed by atoms with Gasteiger partial charge in [0.2, 0.25) is 0 Å². The molecule has 2 aromatic rings. The van der Waals surface area contributed by atoms with E-state index in [4.69, 9.17) is 4.74 Å². The molecule has 0 radical (unpaired) electrons. The molecule has 0 amide bonds. The molecule has 2 aromatic carbocycles. The van der Waals surface area contributed by atoms with E-state index in [2.05, 4.69) is 9.93 Å². The zero-order valence-corrected chi connectivity index (χ0v) is 12.7. The van der Waals surface area contributed by atoms with E-state index < -0.39 is 15.8 Å². The van der Waals surface area contributed by atoms with Crippen LogP contribution in [-0.2, 0) is 10.0 Å². The number of ether oxygens (including phenoxy) is 1. The average Bonchev–Trinajstić information content (AvgIpc) is 2.50. The highest BCUT2D eigenvalue weighted by atomic mass is 32.2. The molecular weight excluding hydrogens is 307 g/mol. The summed E-state index contributed by atoms with van der Waals surface area (Å²) in [4.78, 5) is 2.01. The Morgan fingerprint density at radius 1 is 1.14 bits per heavy atom. The SMILES string of the molecule is CCOc1ccc(/C=N/NS(=O)(=O)c2ccc(F)cc2)cc1. The van der Waals surface area contributed by atoms with Gasteiger partial charge < -0.3 is 4.74 Å². The second-order valence-corrected chi connectivity index (χ2v) is 5.97. The largest absolute Gasteiger partial charge is 0.494 e. The number of hydrogen-bond acceptors (Lipinski definition) is 4. The summed E-state index contributed by atoms with van der Waals surface area (Å²) in [7, 11) is -3.80. The molecule has 7 heteroatoms. The van der Waals surface area contributed by atoms with Crippen LogP contribution in [0.4, 0.5) is 4.39 Å². The van der Waals surface area contributed by atoms with Crippen molar-refractivity contribution in [3.8, 4) is 5.75 Å². The van der Waals surface area contributed by atoms with E-state index in [0.29, 0.717) is 12.2 Å². The maximum absolute atomic E-state index is 12.8. The van der Waals surface area contributed by atoms with Crippen LogP contribution >= 0.6 is 0 Å². The van der Waals surface area contributed by atoms with Gasteiger partial charge in [0.15, 0.2) is 0 Å². The van der Waals surface area contributed by atoms with Gasteiger partial charge in [0, 0.05) is 0 Å². The van der Waals surface area contributed by atoms with Crippen molar-refractivity contribution in [3.63, 3.8) is 0 Å². The van der Waals surface area contributed by atoms with E-state index in [9.17, 15) is 12.8 Å². The minimum atomic E-state index is -3.80. The van der Waals surface area contributed by atoms with Crippen LogP contribution in [0.2, 0.25) is 0 Å². The van der Waals surface area contributed by atoms with Crippen LogP contribution in [0.1, 0.15) is 12.5 Å². The Bertz CT molecular complexity index is 741. The third-order valence-corrected chi connectivity index (χ3v) is 3.94. The molecule has 5 nitrogen and oxygen atoms in total. The minimum Gasteiger partial charge on any atom is -0.494 e. The van der Waals surface area contributed by atoms with E-state index in [0.717, 1.165) is 17.9 Å². The Hall–Kier alpha value is -2.41. The summed E-state index contributed by atoms with van der Waals surface area (Å²) < 4.78 is 41.9. The van der Waals surface area contributed by atoms with Crippen molar-refractivity contribution in [1.29, 1.82) is 0 Å². The van der Waals surface area contributed by atoms with Crippen LogP contribution in [-0.4, -0.2) is 21.2 Å². The lowest BCUT2D eigenvalue weighted by atomic mass is 10.2. The lowest BCUT2D eigenvalue weighted by molar-refractivity contribution is 0.340. The van der Waals surface area contributed by atoms with Crippen LogP contribution < -0.4 is 9.57 Å². The molecule has 22 heavy (non-hydrogen) atoms. The standard InChI is InChI=1S/C15H15FN2O3S/c1-2-21-14-7-3-12(4-8-14)11-17-18-22(19,20)15-9-5-13(16)6-10-15/h3-11,18H,2H2,1H3/b17-11+. The fraction of sp³-hybridized carbons (Fsp3) is 0.133. The molecule has 0 aliphatic rings. The molecule has 116 valence electrons. The van der Waals surface area contributed by atoms with Crippen LogP contribution in [0.3, 0.4) is 0 Å². The molecule has 0 saturated carbocycles. The number of hydrogen-bond donors (Lipinski definition) is 1. The van der Waals surface area contributed by atoms with Gasteiger partial charge in [-0.15, -0.1) is 0 Å². The second-order valence-electron chi connectivity index (χ2n) is 4.31. The van der Waals surface area contributed by atoms with Crippen LogP contribution in [0.25, 0.3) is 0 Å². The number of hydrazone groups is 1. The third kappa shape index (κ3) is 4.29. The maximum atomic E-state index is 12.8. The molecule has 0 atom stereocenters. The van der Waals surface area contributed by atoms with E-state index in [1.54, 1.807) is 24.3 Å². The zero-order valence-electron chi connectivity index (χ0n) is 11.9. The molecule has 2 rings (SSSR count). The molecule has 0 aliphatic carbocycles. The summed E-state index contributed by atoms with van der Waals surface area (Å²) in [5.74, 6) is 0.225. The van der Waals surface area contributed by atoms with Crippen molar-refractivity contribution in [2.45, 2.75) is 11.8 Å². The lowest BCUT2D eigenvalue weighted by Crippen LogP contribution is -2.18. The maximum Gasteiger partial charge on any atom is 0.276 e. The summed E-state index contributed by atoms with van der Waals surface area (Å²) in [6, 6.07) is 11.5. The number of benzene rings is 2. The molecule has 0 saturated heterocycles. The topological polar surface area (TPSA) is 67.8 Å². The van der Waals surface area contributed by atoms with E-state index >= 15 is 0 Å². The average molecular weight is 322 g/mol. The van der Waals surface area contributed by atoms with Gasteiger partial charge in [-0.2, -0.15) is 13.5 Å². The van der Waals surface area contributed by atoms with E-state index in [-0.39, 0.29) is 4.90 Å². The Kier molecular flexibility index (Phi) is 5.11. The lowest BCUT2D eigenvalue weighted by Gasteiger charge is -2.03. The first-order valence-electron chi connectivity index (χ1n) is 6.54. The number of nitrogens with one attached hydrogen (secondary N) is 1. The Morgan fingerprint density at radius 3 is 2.36 bits per heavy atom. The molecule has 0 aromatic heterocycles. The normalized spacial score (nSPS) is 11.5. The number of nitrogens with zero attached hydrogens (tertiary/aromatic N) is 1. The highest BCUT2D eigenvalue weighted by Crippen LogP contribution is 2.11. The molecule has 0 heterocycles. The van der Waals surface area contributed by atoms with Crippen molar-refractivity contribution in [2.75, 3.05) is 6.61 Å². The Morgan fingerprint density at radius 2 is 1.77 bits per heavy atom. The third-order valence-electron chi connectivity index (χ3n) is 2.70. The molecule has 1 N–H and O–H groups in total. The van der Waals surface area contributed by atoms with Gasteiger partial charge in [0.25, 0.3) is 10.0 Å². The molecule has 0 aliphatic heterocycles. The van der Waals surface area contributed by atoms with E-state index in [1.807, 2.05) is 6.92 Å². The minimum absolute atomic E-state index is 0.0576. The summed E-state index contributed by atoms with van der Waals surface area (Å²) in [5, 5.41) is 3.69. The van der Waals surface area contributed by atoms with Gasteiger partial charge in [-0.05, 0) is 61.0 Å². The fourth-order valence-electron chi connectivity index (χ4n) is 1.65. The first-order valence-corrected chi connectivity index (χ1v) is 8.03. The quantitative estimate of drug-likeness (QED) is 0.656. The first kappa shape index (κ1) is 16.0. The first-order chi connectivity index (χ1) is 10.5. The summed E-state index contributed by atoms with van der Waals surface area (Å²) in [6.45, 7) is 2.46. The highest BCUT2D eigenvalue weighted by Gasteiger charge is 2.12. The summed E-state index contributed by atoms with van der Waals surface area (Å²) >= 11 is 0. The van der Waals surface area contributed by atoms with Gasteiger partial charge in [0.05, 0.1) is 17.7 Å². The van der Waals surface area contributed by atoms with Crippen LogP contribution in [0, 0.1) is 5.82 Å². The predicted molar refractivity (Wildman–Crippen MR) is 81.9 cm³/mol. The second kappa shape index (κ2) is 7.04. The number of sulfonamides is 1. The van der Waals surface area contributed by atoms with Gasteiger partial charge >= 0.3 is 0 Å². The summed E-state index contributed by atoms with van der Waals surface area (Å²) in [6.07, 6.45) is 1.37. The molecule has 0 spiro atoms. The van der Waals surface area contributed by atoms with E-state index in [1.165, 1.54) is 18.3 Å². The molecular formula is C15H15FN2O3S. The van der Waals surface area contributed by atoms with Gasteiger partial charge in [0.1, 0.15) is 11.6 Å². The van der Waals surface area contributed by atoms with Crippen molar-refractivity contribution >= 4 is 16.2 Å². The number of halogens is 1. The van der Waals surface area contributed by atoms with Crippen molar-refractivity contribution in [2.24, 2.45) is 5.10 Å². The van der Waals surface area contributed by atoms with Crippen LogP contribution in [0.15, 0.2) is 58.5 Å². The molecule has 0 unspecified atom stereocenters. The monoisotopic (exact) mass is 322 g/mol. The van der Waals surface area contributed by atoms with Crippen molar-refractivity contribution < 1.29 is 17.5 Å². The van der Waals surface area contributed by atoms with Crippen LogP contribution in [0.5, 0.6) is 5.75 Å².